The first-order valence-corrected chi connectivity index (χ1v) is 8.23. The molecule has 2 fully saturated rings. The first-order valence-electron chi connectivity index (χ1n) is 8.23. The minimum Gasteiger partial charge on any atom is -0.352 e. The average molecular weight is 327 g/mol. The Morgan fingerprint density at radius 1 is 1.29 bits per heavy atom. The highest BCUT2D eigenvalue weighted by molar-refractivity contribution is 5.87. The number of rotatable bonds is 2. The van der Waals surface area contributed by atoms with Gasteiger partial charge in [0.1, 0.15) is 11.9 Å². The minimum atomic E-state index is -0.190. The van der Waals surface area contributed by atoms with Crippen molar-refractivity contribution in [3.05, 3.63) is 23.9 Å². The van der Waals surface area contributed by atoms with Gasteiger partial charge in [0.2, 0.25) is 11.8 Å². The lowest BCUT2D eigenvalue weighted by Gasteiger charge is -2.38. The van der Waals surface area contributed by atoms with Crippen molar-refractivity contribution in [2.75, 3.05) is 44.7 Å². The van der Waals surface area contributed by atoms with Crippen LogP contribution in [0, 0.1) is 17.2 Å². The number of piperidine rings is 1. The van der Waals surface area contributed by atoms with E-state index >= 15 is 0 Å². The zero-order valence-electron chi connectivity index (χ0n) is 13.8. The number of anilines is 1. The van der Waals surface area contributed by atoms with Gasteiger partial charge in [-0.15, -0.1) is 0 Å². The summed E-state index contributed by atoms with van der Waals surface area (Å²) in [6, 6.07) is 5.66. The number of carbonyl (C=O) groups excluding carboxylic acids is 2. The molecular weight excluding hydrogens is 306 g/mol. The maximum absolute atomic E-state index is 12.6. The van der Waals surface area contributed by atoms with Crippen molar-refractivity contribution in [2.45, 2.75) is 12.8 Å². The number of likely N-dealkylation sites (tertiary alicyclic amines) is 1. The van der Waals surface area contributed by atoms with Crippen LogP contribution in [0.5, 0.6) is 0 Å². The van der Waals surface area contributed by atoms with Crippen LogP contribution in [0.25, 0.3) is 0 Å². The van der Waals surface area contributed by atoms with Gasteiger partial charge in [0.25, 0.3) is 0 Å². The maximum Gasteiger partial charge on any atom is 0.226 e. The second-order valence-corrected chi connectivity index (χ2v) is 6.30. The van der Waals surface area contributed by atoms with Crippen molar-refractivity contribution in [1.29, 1.82) is 5.26 Å². The SMILES string of the molecule is CN1CC[C@@H](C(=O)N2CCN(c3ncccc3C#N)CC2)CC1=O. The molecule has 3 rings (SSSR count). The van der Waals surface area contributed by atoms with E-state index in [1.807, 2.05) is 9.80 Å². The van der Waals surface area contributed by atoms with Gasteiger partial charge in [0.15, 0.2) is 0 Å². The van der Waals surface area contributed by atoms with Crippen LogP contribution in [0.4, 0.5) is 5.82 Å². The standard InChI is InChI=1S/C17H21N5O2/c1-20-6-4-13(11-15(20)23)17(24)22-9-7-21(8-10-22)16-14(12-18)3-2-5-19-16/h2-3,5,13H,4,6-11H2,1H3/t13-/m1/s1. The smallest absolute Gasteiger partial charge is 0.226 e. The van der Waals surface area contributed by atoms with Gasteiger partial charge < -0.3 is 14.7 Å². The summed E-state index contributed by atoms with van der Waals surface area (Å²) in [4.78, 5) is 34.3. The number of carbonyl (C=O) groups is 2. The molecule has 2 amide bonds. The van der Waals surface area contributed by atoms with E-state index in [9.17, 15) is 14.9 Å². The molecule has 1 aromatic rings. The first-order chi connectivity index (χ1) is 11.6. The van der Waals surface area contributed by atoms with Crippen LogP contribution in [0.15, 0.2) is 18.3 Å². The summed E-state index contributed by atoms with van der Waals surface area (Å²) < 4.78 is 0. The summed E-state index contributed by atoms with van der Waals surface area (Å²) in [5, 5.41) is 9.19. The molecular formula is C17H21N5O2. The van der Waals surface area contributed by atoms with Gasteiger partial charge >= 0.3 is 0 Å². The van der Waals surface area contributed by atoms with Gasteiger partial charge in [-0.25, -0.2) is 4.98 Å². The molecule has 0 aliphatic carbocycles. The molecule has 1 atom stereocenters. The third-order valence-corrected chi connectivity index (χ3v) is 4.81. The van der Waals surface area contributed by atoms with Crippen molar-refractivity contribution >= 4 is 17.6 Å². The number of pyridine rings is 1. The molecule has 0 radical (unpaired) electrons. The summed E-state index contributed by atoms with van der Waals surface area (Å²) in [7, 11) is 1.78. The van der Waals surface area contributed by atoms with E-state index in [1.54, 1.807) is 30.3 Å². The van der Waals surface area contributed by atoms with E-state index in [1.165, 1.54) is 0 Å². The number of hydrogen-bond acceptors (Lipinski definition) is 5. The Hall–Kier alpha value is -2.62. The molecule has 24 heavy (non-hydrogen) atoms. The maximum atomic E-state index is 12.6. The fourth-order valence-electron chi connectivity index (χ4n) is 3.29. The van der Waals surface area contributed by atoms with E-state index in [-0.39, 0.29) is 17.7 Å². The Balaban J connectivity index is 1.60. The van der Waals surface area contributed by atoms with Crippen molar-refractivity contribution in [1.82, 2.24) is 14.8 Å². The largest absolute Gasteiger partial charge is 0.352 e. The predicted molar refractivity (Wildman–Crippen MR) is 88.1 cm³/mol. The lowest BCUT2D eigenvalue weighted by atomic mass is 9.94. The zero-order valence-corrected chi connectivity index (χ0v) is 13.8. The highest BCUT2D eigenvalue weighted by Crippen LogP contribution is 2.22. The van der Waals surface area contributed by atoms with Gasteiger partial charge in [-0.1, -0.05) is 0 Å². The van der Waals surface area contributed by atoms with Crippen LogP contribution >= 0.6 is 0 Å². The second-order valence-electron chi connectivity index (χ2n) is 6.30. The number of aromatic nitrogens is 1. The summed E-state index contributed by atoms with van der Waals surface area (Å²) in [5.41, 5.74) is 0.554. The predicted octanol–water partition coefficient (Wildman–Crippen LogP) is 0.470. The summed E-state index contributed by atoms with van der Waals surface area (Å²) >= 11 is 0. The van der Waals surface area contributed by atoms with Gasteiger partial charge in [-0.3, -0.25) is 9.59 Å². The third kappa shape index (κ3) is 3.18. The van der Waals surface area contributed by atoms with Crippen LogP contribution in [0.3, 0.4) is 0 Å². The van der Waals surface area contributed by atoms with Crippen LogP contribution in [-0.2, 0) is 9.59 Å². The van der Waals surface area contributed by atoms with E-state index in [0.717, 1.165) is 6.42 Å². The van der Waals surface area contributed by atoms with E-state index in [2.05, 4.69) is 11.1 Å². The molecule has 0 aromatic carbocycles. The zero-order chi connectivity index (χ0) is 17.1. The second kappa shape index (κ2) is 6.87. The van der Waals surface area contributed by atoms with Crippen molar-refractivity contribution in [3.63, 3.8) is 0 Å². The van der Waals surface area contributed by atoms with Gasteiger partial charge in [0.05, 0.1) is 5.56 Å². The van der Waals surface area contributed by atoms with Crippen LogP contribution in [0.1, 0.15) is 18.4 Å². The van der Waals surface area contributed by atoms with Crippen molar-refractivity contribution in [3.8, 4) is 6.07 Å². The lowest BCUT2D eigenvalue weighted by molar-refractivity contribution is -0.144. The molecule has 7 nitrogen and oxygen atoms in total. The highest BCUT2D eigenvalue weighted by Gasteiger charge is 2.33. The molecule has 7 heteroatoms. The molecule has 0 unspecified atom stereocenters. The van der Waals surface area contributed by atoms with Crippen molar-refractivity contribution in [2.24, 2.45) is 5.92 Å². The molecule has 0 spiro atoms. The fraction of sp³-hybridized carbons (Fsp3) is 0.529. The average Bonchev–Trinajstić information content (AvgIpc) is 2.63. The Kier molecular flexibility index (Phi) is 4.65. The van der Waals surface area contributed by atoms with Crippen LogP contribution < -0.4 is 4.90 Å². The Morgan fingerprint density at radius 2 is 2.04 bits per heavy atom. The molecule has 2 saturated heterocycles. The summed E-state index contributed by atoms with van der Waals surface area (Å²) in [6.07, 6.45) is 2.73. The first kappa shape index (κ1) is 16.2. The van der Waals surface area contributed by atoms with E-state index in [0.29, 0.717) is 50.5 Å². The van der Waals surface area contributed by atoms with Gasteiger partial charge in [-0.05, 0) is 18.6 Å². The van der Waals surface area contributed by atoms with Crippen LogP contribution in [-0.4, -0.2) is 66.4 Å². The molecule has 3 heterocycles. The van der Waals surface area contributed by atoms with Gasteiger partial charge in [0, 0.05) is 58.3 Å². The highest BCUT2D eigenvalue weighted by atomic mass is 16.2. The Bertz CT molecular complexity index is 676. The monoisotopic (exact) mass is 327 g/mol. The molecule has 2 aliphatic rings. The molecule has 0 saturated carbocycles. The molecule has 1 aromatic heterocycles. The Labute approximate surface area is 141 Å². The molecule has 0 bridgehead atoms. The number of hydrogen-bond donors (Lipinski definition) is 0. The molecule has 2 aliphatic heterocycles. The fourth-order valence-corrected chi connectivity index (χ4v) is 3.29. The van der Waals surface area contributed by atoms with Crippen molar-refractivity contribution < 1.29 is 9.59 Å². The topological polar surface area (TPSA) is 80.5 Å². The quantitative estimate of drug-likeness (QED) is 0.789. The summed E-state index contributed by atoms with van der Waals surface area (Å²) in [6.45, 7) is 3.15. The Morgan fingerprint density at radius 3 is 2.71 bits per heavy atom. The normalized spacial score (nSPS) is 21.6. The van der Waals surface area contributed by atoms with E-state index < -0.39 is 0 Å². The number of nitriles is 1. The third-order valence-electron chi connectivity index (χ3n) is 4.81. The summed E-state index contributed by atoms with van der Waals surface area (Å²) in [5.74, 6) is 0.620. The number of nitrogens with zero attached hydrogens (tertiary/aromatic N) is 5. The number of amides is 2. The minimum absolute atomic E-state index is 0.0467. The van der Waals surface area contributed by atoms with E-state index in [4.69, 9.17) is 0 Å². The van der Waals surface area contributed by atoms with Gasteiger partial charge in [-0.2, -0.15) is 5.26 Å². The number of piperazine rings is 1. The van der Waals surface area contributed by atoms with Crippen LogP contribution in [0.2, 0.25) is 0 Å². The molecule has 126 valence electrons. The lowest BCUT2D eigenvalue weighted by Crippen LogP contribution is -2.52. The molecule has 0 N–H and O–H groups in total.